The number of Topliss-reactive ketones (excluding diaryl/α,β-unsaturated/α-hetero) is 1. The third-order valence-corrected chi connectivity index (χ3v) is 4.91. The summed E-state index contributed by atoms with van der Waals surface area (Å²) in [5.74, 6) is 0.205. The lowest BCUT2D eigenvalue weighted by molar-refractivity contribution is 0.0961. The Labute approximate surface area is 144 Å². The van der Waals surface area contributed by atoms with Crippen molar-refractivity contribution in [2.75, 3.05) is 19.6 Å². The largest absolute Gasteiger partial charge is 0.303 e. The van der Waals surface area contributed by atoms with E-state index in [0.717, 1.165) is 36.6 Å². The van der Waals surface area contributed by atoms with Crippen LogP contribution >= 0.6 is 0 Å². The molecule has 0 unspecified atom stereocenters. The van der Waals surface area contributed by atoms with Gasteiger partial charge in [0.05, 0.1) is 23.1 Å². The molecule has 1 aromatic heterocycles. The van der Waals surface area contributed by atoms with Crippen LogP contribution in [-0.4, -0.2) is 40.1 Å². The van der Waals surface area contributed by atoms with Crippen molar-refractivity contribution in [2.45, 2.75) is 45.4 Å². The summed E-state index contributed by atoms with van der Waals surface area (Å²) in [7, 11) is 0. The fraction of sp³-hybridized carbons (Fsp3) is 0.500. The minimum absolute atomic E-state index is 0.205. The molecule has 2 aromatic rings. The Morgan fingerprint density at radius 3 is 2.42 bits per heavy atom. The monoisotopic (exact) mass is 325 g/mol. The fourth-order valence-electron chi connectivity index (χ4n) is 3.44. The van der Waals surface area contributed by atoms with Crippen molar-refractivity contribution in [3.63, 3.8) is 0 Å². The van der Waals surface area contributed by atoms with Crippen LogP contribution in [0.2, 0.25) is 0 Å². The molecule has 2 heterocycles. The third-order valence-electron chi connectivity index (χ3n) is 4.91. The van der Waals surface area contributed by atoms with Crippen LogP contribution in [0, 0.1) is 6.92 Å². The van der Waals surface area contributed by atoms with Gasteiger partial charge in [-0.3, -0.25) is 4.79 Å². The van der Waals surface area contributed by atoms with E-state index >= 15 is 0 Å². The molecule has 0 radical (unpaired) electrons. The van der Waals surface area contributed by atoms with E-state index in [2.05, 4.69) is 10.00 Å². The van der Waals surface area contributed by atoms with Crippen molar-refractivity contribution >= 4 is 5.78 Å². The number of benzene rings is 1. The van der Waals surface area contributed by atoms with E-state index in [1.807, 2.05) is 41.9 Å². The van der Waals surface area contributed by atoms with Crippen LogP contribution in [-0.2, 0) is 0 Å². The van der Waals surface area contributed by atoms with Gasteiger partial charge in [-0.05, 0) is 45.0 Å². The summed E-state index contributed by atoms with van der Waals surface area (Å²) < 4.78 is 1.85. The van der Waals surface area contributed by atoms with E-state index in [0.29, 0.717) is 6.42 Å². The Morgan fingerprint density at radius 2 is 1.71 bits per heavy atom. The number of nitrogens with zero attached hydrogens (tertiary/aromatic N) is 3. The van der Waals surface area contributed by atoms with Gasteiger partial charge in [0.1, 0.15) is 0 Å². The van der Waals surface area contributed by atoms with Gasteiger partial charge in [-0.1, -0.05) is 37.5 Å². The van der Waals surface area contributed by atoms with Gasteiger partial charge >= 0.3 is 0 Å². The topological polar surface area (TPSA) is 38.1 Å². The molecular formula is C20H27N3O. The summed E-state index contributed by atoms with van der Waals surface area (Å²) >= 11 is 0. The van der Waals surface area contributed by atoms with Gasteiger partial charge in [0.25, 0.3) is 0 Å². The van der Waals surface area contributed by atoms with Gasteiger partial charge in [-0.2, -0.15) is 5.10 Å². The summed E-state index contributed by atoms with van der Waals surface area (Å²) in [4.78, 5) is 15.1. The van der Waals surface area contributed by atoms with Gasteiger partial charge in [0.15, 0.2) is 5.78 Å². The van der Waals surface area contributed by atoms with E-state index in [1.165, 1.54) is 32.1 Å². The molecule has 4 nitrogen and oxygen atoms in total. The highest BCUT2D eigenvalue weighted by Gasteiger charge is 2.16. The molecule has 0 bridgehead atoms. The van der Waals surface area contributed by atoms with Crippen LogP contribution in [0.25, 0.3) is 5.69 Å². The van der Waals surface area contributed by atoms with E-state index in [9.17, 15) is 4.79 Å². The highest BCUT2D eigenvalue weighted by atomic mass is 16.1. The molecule has 128 valence electrons. The number of ketones is 1. The summed E-state index contributed by atoms with van der Waals surface area (Å²) in [6, 6.07) is 9.97. The molecule has 0 N–H and O–H groups in total. The van der Waals surface area contributed by atoms with E-state index in [4.69, 9.17) is 0 Å². The summed E-state index contributed by atoms with van der Waals surface area (Å²) in [5.41, 5.74) is 2.68. The van der Waals surface area contributed by atoms with Crippen LogP contribution < -0.4 is 0 Å². The van der Waals surface area contributed by atoms with Crippen LogP contribution in [0.3, 0.4) is 0 Å². The fourth-order valence-corrected chi connectivity index (χ4v) is 3.44. The second kappa shape index (κ2) is 8.25. The maximum atomic E-state index is 12.6. The molecule has 1 aliphatic rings. The molecule has 0 aliphatic carbocycles. The first-order chi connectivity index (χ1) is 11.8. The standard InChI is InChI=1S/C20H27N3O/c1-17-19(16-21-23(17)18-10-6-5-7-11-18)20(24)12-15-22-13-8-3-2-4-9-14-22/h5-7,10-11,16H,2-4,8-9,12-15H2,1H3. The molecule has 4 heteroatoms. The lowest BCUT2D eigenvalue weighted by atomic mass is 10.1. The minimum atomic E-state index is 0.205. The maximum Gasteiger partial charge on any atom is 0.167 e. The zero-order valence-corrected chi connectivity index (χ0v) is 14.6. The molecular weight excluding hydrogens is 298 g/mol. The molecule has 0 amide bonds. The van der Waals surface area contributed by atoms with E-state index < -0.39 is 0 Å². The van der Waals surface area contributed by atoms with Crippen molar-refractivity contribution in [1.29, 1.82) is 0 Å². The molecule has 1 saturated heterocycles. The van der Waals surface area contributed by atoms with Gasteiger partial charge < -0.3 is 4.90 Å². The zero-order chi connectivity index (χ0) is 16.8. The molecule has 3 rings (SSSR count). The van der Waals surface area contributed by atoms with Crippen molar-refractivity contribution < 1.29 is 4.79 Å². The average Bonchev–Trinajstić information content (AvgIpc) is 2.96. The highest BCUT2D eigenvalue weighted by molar-refractivity contribution is 5.97. The molecule has 24 heavy (non-hydrogen) atoms. The smallest absolute Gasteiger partial charge is 0.167 e. The van der Waals surface area contributed by atoms with Gasteiger partial charge in [-0.25, -0.2) is 4.68 Å². The van der Waals surface area contributed by atoms with Gasteiger partial charge in [0.2, 0.25) is 0 Å². The Kier molecular flexibility index (Phi) is 5.81. The summed E-state index contributed by atoms with van der Waals surface area (Å²) in [6.07, 6.45) is 8.85. The Morgan fingerprint density at radius 1 is 1.04 bits per heavy atom. The normalized spacial score (nSPS) is 16.5. The van der Waals surface area contributed by atoms with Crippen LogP contribution in [0.4, 0.5) is 0 Å². The summed E-state index contributed by atoms with van der Waals surface area (Å²) in [6.45, 7) is 5.11. The summed E-state index contributed by atoms with van der Waals surface area (Å²) in [5, 5.41) is 4.41. The number of aromatic nitrogens is 2. The second-order valence-electron chi connectivity index (χ2n) is 6.67. The average molecular weight is 325 g/mol. The van der Waals surface area contributed by atoms with E-state index in [1.54, 1.807) is 6.20 Å². The first-order valence-electron chi connectivity index (χ1n) is 9.11. The SMILES string of the molecule is Cc1c(C(=O)CCN2CCCCCCC2)cnn1-c1ccccc1. The second-order valence-corrected chi connectivity index (χ2v) is 6.67. The number of carbonyl (C=O) groups is 1. The molecule has 1 aliphatic heterocycles. The number of rotatable bonds is 5. The van der Waals surface area contributed by atoms with Gasteiger partial charge in [-0.15, -0.1) is 0 Å². The first-order valence-corrected chi connectivity index (χ1v) is 9.11. The highest BCUT2D eigenvalue weighted by Crippen LogP contribution is 2.16. The van der Waals surface area contributed by atoms with E-state index in [-0.39, 0.29) is 5.78 Å². The number of hydrogen-bond donors (Lipinski definition) is 0. The van der Waals surface area contributed by atoms with Crippen LogP contribution in [0.5, 0.6) is 0 Å². The van der Waals surface area contributed by atoms with Crippen LogP contribution in [0.15, 0.2) is 36.5 Å². The van der Waals surface area contributed by atoms with Gasteiger partial charge in [0, 0.05) is 13.0 Å². The third kappa shape index (κ3) is 4.12. The number of likely N-dealkylation sites (tertiary alicyclic amines) is 1. The lowest BCUT2D eigenvalue weighted by Crippen LogP contribution is -2.29. The number of hydrogen-bond acceptors (Lipinski definition) is 3. The molecule has 1 fully saturated rings. The van der Waals surface area contributed by atoms with Crippen molar-refractivity contribution in [3.8, 4) is 5.69 Å². The molecule has 0 atom stereocenters. The quantitative estimate of drug-likeness (QED) is 0.779. The van der Waals surface area contributed by atoms with Crippen molar-refractivity contribution in [2.24, 2.45) is 0 Å². The molecule has 0 spiro atoms. The molecule has 0 saturated carbocycles. The maximum absolute atomic E-state index is 12.6. The Balaban J connectivity index is 1.62. The molecule has 1 aromatic carbocycles. The predicted molar refractivity (Wildman–Crippen MR) is 96.8 cm³/mol. The predicted octanol–water partition coefficient (Wildman–Crippen LogP) is 4.02. The Hall–Kier alpha value is -1.94. The zero-order valence-electron chi connectivity index (χ0n) is 14.6. The minimum Gasteiger partial charge on any atom is -0.303 e. The lowest BCUT2D eigenvalue weighted by Gasteiger charge is -2.24. The Bertz CT molecular complexity index is 655. The number of carbonyl (C=O) groups excluding carboxylic acids is 1. The van der Waals surface area contributed by atoms with Crippen molar-refractivity contribution in [3.05, 3.63) is 47.8 Å². The number of para-hydroxylation sites is 1. The van der Waals surface area contributed by atoms with Crippen LogP contribution in [0.1, 0.15) is 54.6 Å². The van der Waals surface area contributed by atoms with Crippen molar-refractivity contribution in [1.82, 2.24) is 14.7 Å². The first kappa shape index (κ1) is 16.9.